The molecule has 0 aromatic heterocycles. The summed E-state index contributed by atoms with van der Waals surface area (Å²) in [6, 6.07) is -0.0317. The molecule has 0 saturated heterocycles. The Kier molecular flexibility index (Phi) is 4.84. The normalized spacial score (nSPS) is 18.0. The number of hydrogen-bond donors (Lipinski definition) is 1. The second-order valence-electron chi connectivity index (χ2n) is 6.49. The van der Waals surface area contributed by atoms with Crippen LogP contribution in [0, 0.1) is 0 Å². The van der Waals surface area contributed by atoms with Crippen molar-refractivity contribution in [2.24, 2.45) is 0 Å². The van der Waals surface area contributed by atoms with E-state index in [1.165, 1.54) is 4.90 Å². The van der Waals surface area contributed by atoms with Gasteiger partial charge in [0.25, 0.3) is 0 Å². The van der Waals surface area contributed by atoms with Gasteiger partial charge >= 0.3 is 12.1 Å². The van der Waals surface area contributed by atoms with Gasteiger partial charge in [0.05, 0.1) is 0 Å². The van der Waals surface area contributed by atoms with Crippen LogP contribution in [-0.4, -0.2) is 39.3 Å². The summed E-state index contributed by atoms with van der Waals surface area (Å²) in [6.07, 6.45) is 3.65. The molecule has 1 atom stereocenters. The highest BCUT2D eigenvalue weighted by Gasteiger charge is 2.50. The fraction of sp³-hybridized carbons (Fsp3) is 0.733. The van der Waals surface area contributed by atoms with E-state index in [4.69, 9.17) is 4.74 Å². The molecular weight excluding hydrogens is 258 g/mol. The Morgan fingerprint density at radius 1 is 1.35 bits per heavy atom. The molecule has 1 unspecified atom stereocenters. The fourth-order valence-electron chi connectivity index (χ4n) is 2.11. The van der Waals surface area contributed by atoms with Crippen LogP contribution in [0.4, 0.5) is 4.79 Å². The quantitative estimate of drug-likeness (QED) is 0.760. The molecule has 1 saturated carbocycles. The van der Waals surface area contributed by atoms with Gasteiger partial charge in [-0.1, -0.05) is 6.08 Å². The van der Waals surface area contributed by atoms with Gasteiger partial charge in [-0.05, 0) is 53.4 Å². The topological polar surface area (TPSA) is 66.8 Å². The smallest absolute Gasteiger partial charge is 0.411 e. The van der Waals surface area contributed by atoms with Crippen LogP contribution >= 0.6 is 0 Å². The van der Waals surface area contributed by atoms with Crippen LogP contribution in [0.5, 0.6) is 0 Å². The number of carboxylic acid groups (broad SMARTS) is 1. The number of carbonyl (C=O) groups is 2. The third-order valence-corrected chi connectivity index (χ3v) is 3.33. The molecular formula is C15H25NO4. The molecule has 5 heteroatoms. The SMILES string of the molecule is C=CCCC(C)(C(=O)O)N(C(=O)OC(C)(C)C)C1CC1. The van der Waals surface area contributed by atoms with Crippen molar-refractivity contribution in [2.45, 2.75) is 70.6 Å². The average molecular weight is 283 g/mol. The Bertz CT molecular complexity index is 395. The van der Waals surface area contributed by atoms with Gasteiger partial charge in [-0.15, -0.1) is 6.58 Å². The monoisotopic (exact) mass is 283 g/mol. The molecule has 0 heterocycles. The predicted molar refractivity (Wildman–Crippen MR) is 76.6 cm³/mol. The number of amides is 1. The lowest BCUT2D eigenvalue weighted by molar-refractivity contribution is -0.151. The minimum Gasteiger partial charge on any atom is -0.480 e. The summed E-state index contributed by atoms with van der Waals surface area (Å²) >= 11 is 0. The summed E-state index contributed by atoms with van der Waals surface area (Å²) in [5.41, 5.74) is -1.89. The lowest BCUT2D eigenvalue weighted by Gasteiger charge is -2.39. The largest absolute Gasteiger partial charge is 0.480 e. The first-order chi connectivity index (χ1) is 9.12. The van der Waals surface area contributed by atoms with Gasteiger partial charge in [-0.3, -0.25) is 4.90 Å². The minimum absolute atomic E-state index is 0.0317. The predicted octanol–water partition coefficient (Wildman–Crippen LogP) is 3.20. The molecule has 1 aliphatic carbocycles. The molecule has 1 fully saturated rings. The van der Waals surface area contributed by atoms with E-state index in [2.05, 4.69) is 6.58 Å². The first-order valence-corrected chi connectivity index (χ1v) is 6.98. The number of nitrogens with zero attached hydrogens (tertiary/aromatic N) is 1. The van der Waals surface area contributed by atoms with E-state index in [1.807, 2.05) is 0 Å². The number of carbonyl (C=O) groups excluding carboxylic acids is 1. The highest BCUT2D eigenvalue weighted by Crippen LogP contribution is 2.36. The number of carboxylic acids is 1. The molecule has 5 nitrogen and oxygen atoms in total. The molecule has 0 spiro atoms. The fourth-order valence-corrected chi connectivity index (χ4v) is 2.11. The molecule has 1 N–H and O–H groups in total. The molecule has 114 valence electrons. The van der Waals surface area contributed by atoms with Gasteiger partial charge in [0.2, 0.25) is 0 Å². The van der Waals surface area contributed by atoms with E-state index in [0.29, 0.717) is 12.8 Å². The van der Waals surface area contributed by atoms with Crippen LogP contribution in [0.15, 0.2) is 12.7 Å². The van der Waals surface area contributed by atoms with E-state index in [1.54, 1.807) is 33.8 Å². The van der Waals surface area contributed by atoms with Gasteiger partial charge in [0.1, 0.15) is 11.1 Å². The third-order valence-electron chi connectivity index (χ3n) is 3.33. The molecule has 0 aromatic rings. The zero-order chi connectivity index (χ0) is 15.6. The number of aliphatic carboxylic acids is 1. The first-order valence-electron chi connectivity index (χ1n) is 6.98. The Morgan fingerprint density at radius 3 is 2.25 bits per heavy atom. The summed E-state index contributed by atoms with van der Waals surface area (Å²) in [4.78, 5) is 25.5. The summed E-state index contributed by atoms with van der Waals surface area (Å²) in [7, 11) is 0. The van der Waals surface area contributed by atoms with Crippen molar-refractivity contribution in [3.8, 4) is 0 Å². The molecule has 20 heavy (non-hydrogen) atoms. The van der Waals surface area contributed by atoms with Crippen molar-refractivity contribution in [3.05, 3.63) is 12.7 Å². The van der Waals surface area contributed by atoms with Crippen LogP contribution in [0.2, 0.25) is 0 Å². The van der Waals surface area contributed by atoms with Crippen molar-refractivity contribution in [1.82, 2.24) is 4.90 Å². The second-order valence-corrected chi connectivity index (χ2v) is 6.49. The van der Waals surface area contributed by atoms with E-state index >= 15 is 0 Å². The minimum atomic E-state index is -1.25. The highest BCUT2D eigenvalue weighted by molar-refractivity contribution is 5.84. The van der Waals surface area contributed by atoms with Crippen LogP contribution in [0.1, 0.15) is 53.4 Å². The van der Waals surface area contributed by atoms with Gasteiger partial charge in [-0.2, -0.15) is 0 Å². The maximum absolute atomic E-state index is 12.4. The Hall–Kier alpha value is -1.52. The van der Waals surface area contributed by atoms with Gasteiger partial charge in [-0.25, -0.2) is 9.59 Å². The molecule has 0 bridgehead atoms. The maximum Gasteiger partial charge on any atom is 0.411 e. The summed E-state index contributed by atoms with van der Waals surface area (Å²) in [5, 5.41) is 9.57. The molecule has 0 aliphatic heterocycles. The zero-order valence-electron chi connectivity index (χ0n) is 12.8. The van der Waals surface area contributed by atoms with Crippen molar-refractivity contribution in [3.63, 3.8) is 0 Å². The van der Waals surface area contributed by atoms with Crippen molar-refractivity contribution < 1.29 is 19.4 Å². The zero-order valence-corrected chi connectivity index (χ0v) is 12.8. The highest BCUT2D eigenvalue weighted by atomic mass is 16.6. The third kappa shape index (κ3) is 3.99. The van der Waals surface area contributed by atoms with Crippen LogP contribution in [0.25, 0.3) is 0 Å². The number of ether oxygens (including phenoxy) is 1. The molecule has 0 aromatic carbocycles. The van der Waals surface area contributed by atoms with E-state index in [0.717, 1.165) is 12.8 Å². The van der Waals surface area contributed by atoms with Crippen molar-refractivity contribution in [1.29, 1.82) is 0 Å². The van der Waals surface area contributed by atoms with Gasteiger partial charge < -0.3 is 9.84 Å². The maximum atomic E-state index is 12.4. The summed E-state index contributed by atoms with van der Waals surface area (Å²) in [6.45, 7) is 10.5. The Balaban J connectivity index is 2.99. The first kappa shape index (κ1) is 16.5. The lowest BCUT2D eigenvalue weighted by Crippen LogP contribution is -2.57. The number of allylic oxidation sites excluding steroid dienone is 1. The number of hydrogen-bond acceptors (Lipinski definition) is 3. The van der Waals surface area contributed by atoms with E-state index in [9.17, 15) is 14.7 Å². The molecule has 1 rings (SSSR count). The van der Waals surface area contributed by atoms with Crippen molar-refractivity contribution in [2.75, 3.05) is 0 Å². The Morgan fingerprint density at radius 2 is 1.90 bits per heavy atom. The van der Waals surface area contributed by atoms with Gasteiger partial charge in [0, 0.05) is 6.04 Å². The van der Waals surface area contributed by atoms with Crippen LogP contribution in [0.3, 0.4) is 0 Å². The average Bonchev–Trinajstić information content (AvgIpc) is 3.08. The Labute approximate surface area is 120 Å². The van der Waals surface area contributed by atoms with Crippen LogP contribution in [-0.2, 0) is 9.53 Å². The summed E-state index contributed by atoms with van der Waals surface area (Å²) in [5.74, 6) is -1.00. The number of rotatable bonds is 6. The summed E-state index contributed by atoms with van der Waals surface area (Å²) < 4.78 is 5.38. The molecule has 1 amide bonds. The second kappa shape index (κ2) is 5.85. The van der Waals surface area contributed by atoms with Gasteiger partial charge in [0.15, 0.2) is 0 Å². The van der Waals surface area contributed by atoms with Crippen molar-refractivity contribution >= 4 is 12.1 Å². The molecule has 1 aliphatic rings. The van der Waals surface area contributed by atoms with E-state index < -0.39 is 23.2 Å². The lowest BCUT2D eigenvalue weighted by atomic mass is 9.93. The van der Waals surface area contributed by atoms with E-state index in [-0.39, 0.29) is 6.04 Å². The van der Waals surface area contributed by atoms with Crippen LogP contribution < -0.4 is 0 Å². The molecule has 0 radical (unpaired) electrons. The standard InChI is InChI=1S/C15H25NO4/c1-6-7-10-15(5,12(17)18)16(11-8-9-11)13(19)20-14(2,3)4/h6,11H,1,7-10H2,2-5H3,(H,17,18).